The van der Waals surface area contributed by atoms with Crippen LogP contribution in [0.1, 0.15) is 122 Å². The van der Waals surface area contributed by atoms with Gasteiger partial charge in [-0.3, -0.25) is 4.79 Å². The van der Waals surface area contributed by atoms with Gasteiger partial charge in [0.1, 0.15) is 17.1 Å². The van der Waals surface area contributed by atoms with E-state index in [9.17, 15) is 40.5 Å². The minimum absolute atomic E-state index is 0.0675. The molecule has 1 aromatic carbocycles. The van der Waals surface area contributed by atoms with Gasteiger partial charge < -0.3 is 40.5 Å². The quantitative estimate of drug-likeness (QED) is 0.201. The van der Waals surface area contributed by atoms with Crippen LogP contribution in [0.5, 0.6) is 11.5 Å². The van der Waals surface area contributed by atoms with Gasteiger partial charge in [-0.15, -0.1) is 0 Å². The van der Waals surface area contributed by atoms with Gasteiger partial charge in [0.2, 0.25) is 0 Å². The number of allylic oxidation sites excluding steroid dienone is 1. The number of carbonyl (C=O) groups excluding carboxylic acids is 1. The summed E-state index contributed by atoms with van der Waals surface area (Å²) < 4.78 is 7.02. The van der Waals surface area contributed by atoms with Gasteiger partial charge in [0.05, 0.1) is 35.1 Å². The van der Waals surface area contributed by atoms with Crippen LogP contribution in [0.25, 0.3) is 0 Å². The minimum Gasteiger partial charge on any atom is -0.508 e. The van der Waals surface area contributed by atoms with Crippen molar-refractivity contribution in [3.63, 3.8) is 0 Å². The Kier molecular flexibility index (Phi) is 7.08. The van der Waals surface area contributed by atoms with Crippen molar-refractivity contribution in [2.45, 2.75) is 158 Å². The molecule has 5 saturated carbocycles. The van der Waals surface area contributed by atoms with Crippen molar-refractivity contribution < 1.29 is 45.3 Å². The largest absolute Gasteiger partial charge is 0.508 e. The molecular formula is C42H58O9. The third-order valence-electron chi connectivity index (χ3n) is 17.5. The van der Waals surface area contributed by atoms with Gasteiger partial charge in [-0.05, 0) is 109 Å². The fraction of sp³-hybridized carbons (Fsp3) is 0.786. The van der Waals surface area contributed by atoms with Crippen LogP contribution < -0.4 is 0 Å². The van der Waals surface area contributed by atoms with E-state index in [-0.39, 0.29) is 59.7 Å². The lowest BCUT2D eigenvalue weighted by Crippen LogP contribution is -2.71. The molecule has 1 heterocycles. The van der Waals surface area contributed by atoms with Crippen LogP contribution in [0.2, 0.25) is 0 Å². The van der Waals surface area contributed by atoms with Crippen LogP contribution in [0, 0.1) is 45.8 Å². The molecule has 15 unspecified atom stereocenters. The van der Waals surface area contributed by atoms with Crippen LogP contribution in [0.15, 0.2) is 23.8 Å². The Bertz CT molecular complexity index is 1710. The summed E-state index contributed by atoms with van der Waals surface area (Å²) >= 11 is 0. The zero-order chi connectivity index (χ0) is 36.5. The van der Waals surface area contributed by atoms with Gasteiger partial charge in [0, 0.05) is 35.7 Å². The Hall–Kier alpha value is -2.01. The average Bonchev–Trinajstić information content (AvgIpc) is 3.63. The van der Waals surface area contributed by atoms with Crippen molar-refractivity contribution in [1.29, 1.82) is 0 Å². The number of carbonyl (C=O) groups is 1. The number of aliphatic hydroxyl groups is 5. The van der Waals surface area contributed by atoms with E-state index in [0.29, 0.717) is 36.0 Å². The summed E-state index contributed by atoms with van der Waals surface area (Å²) in [6, 6.07) is 2.84. The summed E-state index contributed by atoms with van der Waals surface area (Å²) in [6.07, 6.45) is 6.66. The zero-order valence-corrected chi connectivity index (χ0v) is 30.9. The molecule has 9 heteroatoms. The minimum atomic E-state index is -1.62. The van der Waals surface area contributed by atoms with Crippen molar-refractivity contribution in [1.82, 2.24) is 0 Å². The van der Waals surface area contributed by atoms with E-state index in [1.54, 1.807) is 12.1 Å². The number of aromatic hydroxyl groups is 2. The van der Waals surface area contributed by atoms with Gasteiger partial charge in [-0.25, -0.2) is 0 Å². The maximum atomic E-state index is 15.0. The predicted molar refractivity (Wildman–Crippen MR) is 188 cm³/mol. The van der Waals surface area contributed by atoms with E-state index in [2.05, 4.69) is 27.7 Å². The normalized spacial score (nSPS) is 53.8. The number of hydrogen-bond acceptors (Lipinski definition) is 9. The number of aliphatic hydroxyl groups excluding tert-OH is 2. The van der Waals surface area contributed by atoms with Gasteiger partial charge in [-0.1, -0.05) is 53.4 Å². The molecule has 7 aliphatic carbocycles. The maximum Gasteiger partial charge on any atom is 0.160 e. The molecule has 0 aromatic heterocycles. The fourth-order valence-corrected chi connectivity index (χ4v) is 15.4. The molecule has 1 aromatic rings. The number of ketones is 1. The van der Waals surface area contributed by atoms with Crippen molar-refractivity contribution >= 4 is 5.78 Å². The van der Waals surface area contributed by atoms with E-state index >= 15 is 0 Å². The molecule has 51 heavy (non-hydrogen) atoms. The first-order chi connectivity index (χ1) is 23.8. The van der Waals surface area contributed by atoms with Crippen LogP contribution in [-0.4, -0.2) is 82.2 Å². The Balaban J connectivity index is 1.21. The van der Waals surface area contributed by atoms with Crippen molar-refractivity contribution in [3.05, 3.63) is 34.9 Å². The van der Waals surface area contributed by atoms with E-state index < -0.39 is 69.3 Å². The number of benzene rings is 1. The van der Waals surface area contributed by atoms with E-state index in [1.165, 1.54) is 6.07 Å². The Morgan fingerprint density at radius 1 is 0.882 bits per heavy atom. The molecule has 7 N–H and O–H groups in total. The summed E-state index contributed by atoms with van der Waals surface area (Å²) in [6.45, 7) is 10.2. The highest BCUT2D eigenvalue weighted by Crippen LogP contribution is 2.79. The molecule has 0 bridgehead atoms. The first kappa shape index (κ1) is 34.7. The first-order valence-electron chi connectivity index (χ1n) is 19.8. The molecule has 6 fully saturated rings. The molecule has 9 rings (SSSR count). The Morgan fingerprint density at radius 2 is 1.59 bits per heavy atom. The monoisotopic (exact) mass is 706 g/mol. The molecule has 2 spiro atoms. The third kappa shape index (κ3) is 3.92. The molecule has 0 radical (unpaired) electrons. The fourth-order valence-electron chi connectivity index (χ4n) is 15.4. The molecular weight excluding hydrogens is 648 g/mol. The van der Waals surface area contributed by atoms with Gasteiger partial charge >= 0.3 is 0 Å². The summed E-state index contributed by atoms with van der Waals surface area (Å²) in [5, 5.41) is 84.2. The standard InChI is InChI=1S/C42H58O9/c1-21-9-8-13-42(35(47)22(21)2)38(5,48)34-29(51-42)18-41(50)26-17-28(45)32-31-25-15-23(43)16-27(44)24(25)10-14-40(31,49)30(46)19-36(32,3)33(26)39(11-6-7-12-39)20-37(34,41)4/h15-17,21-22,29-35,43-44,46-50H,6-14,18-20H2,1-5H3. The Morgan fingerprint density at radius 3 is 2.29 bits per heavy atom. The van der Waals surface area contributed by atoms with Crippen LogP contribution in [-0.2, 0) is 16.0 Å². The summed E-state index contributed by atoms with van der Waals surface area (Å²) in [5.74, 6) is -2.61. The maximum absolute atomic E-state index is 15.0. The second-order valence-corrected chi connectivity index (χ2v) is 19.7. The third-order valence-corrected chi connectivity index (χ3v) is 17.5. The molecule has 15 atom stereocenters. The predicted octanol–water partition coefficient (Wildman–Crippen LogP) is 4.80. The zero-order valence-electron chi connectivity index (χ0n) is 30.9. The number of fused-ring (bicyclic) bond motifs is 12. The molecule has 280 valence electrons. The van der Waals surface area contributed by atoms with Gasteiger partial charge in [0.25, 0.3) is 0 Å². The highest BCUT2D eigenvalue weighted by Gasteiger charge is 2.82. The van der Waals surface area contributed by atoms with Crippen LogP contribution in [0.3, 0.4) is 0 Å². The highest BCUT2D eigenvalue weighted by molar-refractivity contribution is 5.96. The van der Waals surface area contributed by atoms with Crippen molar-refractivity contribution in [2.75, 3.05) is 0 Å². The van der Waals surface area contributed by atoms with E-state index in [4.69, 9.17) is 4.74 Å². The van der Waals surface area contributed by atoms with Crippen molar-refractivity contribution in [2.24, 2.45) is 45.8 Å². The molecule has 8 aliphatic rings. The molecule has 1 saturated heterocycles. The smallest absolute Gasteiger partial charge is 0.160 e. The summed E-state index contributed by atoms with van der Waals surface area (Å²) in [5.41, 5.74) is -6.01. The average molecular weight is 707 g/mol. The van der Waals surface area contributed by atoms with Gasteiger partial charge in [0.15, 0.2) is 5.78 Å². The summed E-state index contributed by atoms with van der Waals surface area (Å²) in [4.78, 5) is 15.0. The lowest BCUT2D eigenvalue weighted by molar-refractivity contribution is -0.237. The number of ether oxygens (including phenoxy) is 1. The lowest BCUT2D eigenvalue weighted by Gasteiger charge is -2.69. The summed E-state index contributed by atoms with van der Waals surface area (Å²) in [7, 11) is 0. The van der Waals surface area contributed by atoms with Crippen LogP contribution in [0.4, 0.5) is 0 Å². The second-order valence-electron chi connectivity index (χ2n) is 19.7. The first-order valence-corrected chi connectivity index (χ1v) is 19.8. The molecule has 1 aliphatic heterocycles. The topological polar surface area (TPSA) is 168 Å². The number of phenols is 2. The van der Waals surface area contributed by atoms with E-state index in [0.717, 1.165) is 38.5 Å². The number of hydrogen-bond donors (Lipinski definition) is 7. The number of phenolic OH excluding ortho intramolecular Hbond substituents is 2. The molecule has 9 nitrogen and oxygen atoms in total. The van der Waals surface area contributed by atoms with E-state index in [1.807, 2.05) is 6.92 Å². The Labute approximate surface area is 301 Å². The number of rotatable bonds is 0. The molecule has 0 amide bonds. The van der Waals surface area contributed by atoms with Gasteiger partial charge in [-0.2, -0.15) is 0 Å². The van der Waals surface area contributed by atoms with Crippen molar-refractivity contribution in [3.8, 4) is 11.5 Å². The second kappa shape index (κ2) is 10.4. The van der Waals surface area contributed by atoms with Crippen LogP contribution >= 0.6 is 0 Å². The SMILES string of the molecule is CC1CCCC2(OC3CC4(O)C5=CC(=O)C6C7c8cc(O)cc(O)c8CCC7(O)C(O)CC6(C)C5C5(CCCC5)CC4(C)C3C2(C)O)C(O)C1C. The highest BCUT2D eigenvalue weighted by atomic mass is 16.6. The lowest BCUT2D eigenvalue weighted by atomic mass is 9.36.